The van der Waals surface area contributed by atoms with E-state index in [1.165, 1.54) is 20.1 Å². The summed E-state index contributed by atoms with van der Waals surface area (Å²) >= 11 is 0. The number of ether oxygens (including phenoxy) is 1. The van der Waals surface area contributed by atoms with Crippen LogP contribution in [0.15, 0.2) is 0 Å². The van der Waals surface area contributed by atoms with Gasteiger partial charge in [0.2, 0.25) is 0 Å². The van der Waals surface area contributed by atoms with Gasteiger partial charge in [-0.2, -0.15) is 0 Å². The minimum atomic E-state index is -0.0929. The van der Waals surface area contributed by atoms with Crippen molar-refractivity contribution in [1.82, 2.24) is 10.2 Å². The van der Waals surface area contributed by atoms with E-state index in [9.17, 15) is 4.79 Å². The maximum atomic E-state index is 11.4. The van der Waals surface area contributed by atoms with Crippen LogP contribution in [0.3, 0.4) is 0 Å². The molecular formula is C11H20N2O2. The van der Waals surface area contributed by atoms with E-state index in [4.69, 9.17) is 4.74 Å². The molecular weight excluding hydrogens is 192 g/mol. The highest BCUT2D eigenvalue weighted by molar-refractivity contribution is 5.70. The molecule has 3 atom stereocenters. The van der Waals surface area contributed by atoms with E-state index < -0.39 is 0 Å². The van der Waals surface area contributed by atoms with Crippen LogP contribution < -0.4 is 5.32 Å². The predicted molar refractivity (Wildman–Crippen MR) is 57.6 cm³/mol. The van der Waals surface area contributed by atoms with Gasteiger partial charge < -0.3 is 15.0 Å². The number of methoxy groups -OCH3 is 1. The Hall–Kier alpha value is -0.610. The summed E-state index contributed by atoms with van der Waals surface area (Å²) in [6.07, 6.45) is 2.78. The smallest absolute Gasteiger partial charge is 0.307 e. The van der Waals surface area contributed by atoms with E-state index in [2.05, 4.69) is 10.2 Å². The molecule has 0 radical (unpaired) electrons. The summed E-state index contributed by atoms with van der Waals surface area (Å²) in [5.41, 5.74) is -0.0138. The molecule has 2 fully saturated rings. The first-order chi connectivity index (χ1) is 7.20. The topological polar surface area (TPSA) is 41.6 Å². The molecule has 0 saturated carbocycles. The lowest BCUT2D eigenvalue weighted by molar-refractivity contribution is -0.143. The summed E-state index contributed by atoms with van der Waals surface area (Å²) in [5.74, 6) is 0.514. The van der Waals surface area contributed by atoms with Gasteiger partial charge in [0, 0.05) is 12.1 Å². The Morgan fingerprint density at radius 1 is 1.60 bits per heavy atom. The number of carbonyl (C=O) groups is 1. The number of nitrogens with zero attached hydrogens (tertiary/aromatic N) is 1. The lowest BCUT2D eigenvalue weighted by Gasteiger charge is -2.42. The lowest BCUT2D eigenvalue weighted by Crippen LogP contribution is -2.56. The summed E-state index contributed by atoms with van der Waals surface area (Å²) in [6, 6.07) is 0. The molecule has 0 aliphatic carbocycles. The number of rotatable bonds is 3. The van der Waals surface area contributed by atoms with Crippen LogP contribution in [0.1, 0.15) is 19.3 Å². The Morgan fingerprint density at radius 3 is 3.07 bits per heavy atom. The molecule has 0 aromatic heterocycles. The van der Waals surface area contributed by atoms with Gasteiger partial charge in [-0.05, 0) is 38.9 Å². The van der Waals surface area contributed by atoms with Crippen LogP contribution in [0.2, 0.25) is 0 Å². The second-order valence-electron chi connectivity index (χ2n) is 4.70. The average molecular weight is 212 g/mol. The molecule has 2 heterocycles. The van der Waals surface area contributed by atoms with Crippen LogP contribution in [0, 0.1) is 5.92 Å². The Bertz CT molecular complexity index is 257. The Morgan fingerprint density at radius 2 is 2.40 bits per heavy atom. The fourth-order valence-electron chi connectivity index (χ4n) is 3.03. The third-order valence-corrected chi connectivity index (χ3v) is 4.11. The number of hydrogen-bond donors (Lipinski definition) is 1. The summed E-state index contributed by atoms with van der Waals surface area (Å²) in [5, 5.41) is 3.38. The molecule has 86 valence electrons. The second-order valence-corrected chi connectivity index (χ2v) is 4.70. The van der Waals surface area contributed by atoms with Gasteiger partial charge in [-0.1, -0.05) is 0 Å². The van der Waals surface area contributed by atoms with Gasteiger partial charge in [0.1, 0.15) is 0 Å². The van der Waals surface area contributed by atoms with Crippen LogP contribution in [-0.4, -0.2) is 50.2 Å². The van der Waals surface area contributed by atoms with E-state index in [1.807, 2.05) is 7.05 Å². The van der Waals surface area contributed by atoms with Gasteiger partial charge in [0.15, 0.2) is 0 Å². The molecule has 2 aliphatic heterocycles. The number of nitrogens with one attached hydrogen (secondary N) is 1. The van der Waals surface area contributed by atoms with Crippen molar-refractivity contribution in [3.63, 3.8) is 0 Å². The number of hydrogen-bond acceptors (Lipinski definition) is 4. The maximum Gasteiger partial charge on any atom is 0.307 e. The molecule has 0 aromatic rings. The SMILES string of the molecule is CNC1(CC(=O)OC)CCN2CCC1C2. The van der Waals surface area contributed by atoms with Crippen LogP contribution in [0.4, 0.5) is 0 Å². The van der Waals surface area contributed by atoms with Gasteiger partial charge in [-0.15, -0.1) is 0 Å². The number of carbonyl (C=O) groups excluding carboxylic acids is 1. The number of fused-ring (bicyclic) bond motifs is 2. The molecule has 0 amide bonds. The Labute approximate surface area is 91.0 Å². The minimum absolute atomic E-state index is 0.0138. The largest absolute Gasteiger partial charge is 0.469 e. The standard InChI is InChI=1S/C11H20N2O2/c1-12-11(7-10(14)15-2)4-6-13-5-3-9(11)8-13/h9,12H,3-8H2,1-2H3. The van der Waals surface area contributed by atoms with Crippen molar-refractivity contribution in [2.45, 2.75) is 24.8 Å². The monoisotopic (exact) mass is 212 g/mol. The van der Waals surface area contributed by atoms with Crippen LogP contribution >= 0.6 is 0 Å². The fourth-order valence-corrected chi connectivity index (χ4v) is 3.03. The second kappa shape index (κ2) is 4.10. The highest BCUT2D eigenvalue weighted by Gasteiger charge is 2.46. The highest BCUT2D eigenvalue weighted by Crippen LogP contribution is 2.37. The molecule has 15 heavy (non-hydrogen) atoms. The Balaban J connectivity index is 2.09. The van der Waals surface area contributed by atoms with Crippen LogP contribution in [0.5, 0.6) is 0 Å². The summed E-state index contributed by atoms with van der Waals surface area (Å²) in [7, 11) is 3.44. The summed E-state index contributed by atoms with van der Waals surface area (Å²) < 4.78 is 4.79. The molecule has 1 N–H and O–H groups in total. The summed E-state index contributed by atoms with van der Waals surface area (Å²) in [6.45, 7) is 3.43. The van der Waals surface area contributed by atoms with Crippen molar-refractivity contribution in [2.75, 3.05) is 33.8 Å². The van der Waals surface area contributed by atoms with Gasteiger partial charge in [-0.3, -0.25) is 4.79 Å². The molecule has 0 aromatic carbocycles. The van der Waals surface area contributed by atoms with Gasteiger partial charge in [0.05, 0.1) is 13.5 Å². The molecule has 2 aliphatic rings. The first-order valence-electron chi connectivity index (χ1n) is 5.68. The zero-order chi connectivity index (χ0) is 10.9. The van der Waals surface area contributed by atoms with E-state index in [-0.39, 0.29) is 11.5 Å². The number of esters is 1. The first-order valence-corrected chi connectivity index (χ1v) is 5.68. The van der Waals surface area contributed by atoms with Crippen molar-refractivity contribution >= 4 is 5.97 Å². The minimum Gasteiger partial charge on any atom is -0.469 e. The highest BCUT2D eigenvalue weighted by atomic mass is 16.5. The third kappa shape index (κ3) is 1.88. The molecule has 3 unspecified atom stereocenters. The zero-order valence-electron chi connectivity index (χ0n) is 9.58. The van der Waals surface area contributed by atoms with Crippen molar-refractivity contribution in [3.05, 3.63) is 0 Å². The molecule has 2 rings (SSSR count). The first kappa shape index (κ1) is 10.9. The van der Waals surface area contributed by atoms with Gasteiger partial charge >= 0.3 is 5.97 Å². The number of piperidine rings is 1. The van der Waals surface area contributed by atoms with Crippen molar-refractivity contribution < 1.29 is 9.53 Å². The zero-order valence-corrected chi connectivity index (χ0v) is 9.58. The normalized spacial score (nSPS) is 39.1. The van der Waals surface area contributed by atoms with E-state index >= 15 is 0 Å². The van der Waals surface area contributed by atoms with Crippen molar-refractivity contribution in [2.24, 2.45) is 5.92 Å². The van der Waals surface area contributed by atoms with E-state index in [0.717, 1.165) is 19.5 Å². The molecule has 2 saturated heterocycles. The van der Waals surface area contributed by atoms with Crippen molar-refractivity contribution in [1.29, 1.82) is 0 Å². The average Bonchev–Trinajstić information content (AvgIpc) is 2.67. The maximum absolute atomic E-state index is 11.4. The fraction of sp³-hybridized carbons (Fsp3) is 0.909. The molecule has 2 bridgehead atoms. The van der Waals surface area contributed by atoms with E-state index in [1.54, 1.807) is 0 Å². The molecule has 4 nitrogen and oxygen atoms in total. The predicted octanol–water partition coefficient (Wildman–Crippen LogP) is 0.233. The van der Waals surface area contributed by atoms with Crippen LogP contribution in [-0.2, 0) is 9.53 Å². The Kier molecular flexibility index (Phi) is 2.98. The quantitative estimate of drug-likeness (QED) is 0.680. The molecule has 0 spiro atoms. The van der Waals surface area contributed by atoms with E-state index in [0.29, 0.717) is 12.3 Å². The van der Waals surface area contributed by atoms with Gasteiger partial charge in [-0.25, -0.2) is 0 Å². The summed E-state index contributed by atoms with van der Waals surface area (Å²) in [4.78, 5) is 13.9. The van der Waals surface area contributed by atoms with Gasteiger partial charge in [0.25, 0.3) is 0 Å². The van der Waals surface area contributed by atoms with Crippen molar-refractivity contribution in [3.8, 4) is 0 Å². The third-order valence-electron chi connectivity index (χ3n) is 4.11. The lowest BCUT2D eigenvalue weighted by atomic mass is 9.76. The van der Waals surface area contributed by atoms with Crippen LogP contribution in [0.25, 0.3) is 0 Å². The molecule has 4 heteroatoms.